The molecule has 2 rings (SSSR count). The van der Waals surface area contributed by atoms with Gasteiger partial charge >= 0.3 is 0 Å². The van der Waals surface area contributed by atoms with Gasteiger partial charge in [0.15, 0.2) is 0 Å². The molecule has 0 N–H and O–H groups in total. The van der Waals surface area contributed by atoms with Gasteiger partial charge in [0.1, 0.15) is 0 Å². The monoisotopic (exact) mass is 254 g/mol. The van der Waals surface area contributed by atoms with Crippen LogP contribution in [0, 0.1) is 10.1 Å². The lowest BCUT2D eigenvalue weighted by Gasteiger charge is -2.16. The summed E-state index contributed by atoms with van der Waals surface area (Å²) < 4.78 is 0. The maximum absolute atomic E-state index is 11.4. The van der Waals surface area contributed by atoms with Gasteiger partial charge in [-0.15, -0.1) is 0 Å². The lowest BCUT2D eigenvalue weighted by molar-refractivity contribution is -0.384. The van der Waals surface area contributed by atoms with E-state index in [1.165, 1.54) is 12.1 Å². The number of nitro groups is 1. The number of benzene rings is 1. The van der Waals surface area contributed by atoms with Crippen LogP contribution in [0.5, 0.6) is 0 Å². The van der Waals surface area contributed by atoms with Crippen LogP contribution in [0.4, 0.5) is 5.69 Å². The first-order chi connectivity index (χ1) is 8.08. The van der Waals surface area contributed by atoms with Crippen molar-refractivity contribution in [3.8, 4) is 0 Å². The van der Waals surface area contributed by atoms with Crippen LogP contribution in [0.15, 0.2) is 18.2 Å². The van der Waals surface area contributed by atoms with Gasteiger partial charge in [0.2, 0.25) is 5.91 Å². The summed E-state index contributed by atoms with van der Waals surface area (Å²) in [4.78, 5) is 23.2. The lowest BCUT2D eigenvalue weighted by atomic mass is 10.2. The van der Waals surface area contributed by atoms with Crippen LogP contribution in [0.1, 0.15) is 18.4 Å². The third kappa shape index (κ3) is 2.55. The Hall–Kier alpha value is -1.62. The van der Waals surface area contributed by atoms with Crippen molar-refractivity contribution in [1.29, 1.82) is 0 Å². The number of carbonyl (C=O) groups is 1. The summed E-state index contributed by atoms with van der Waals surface area (Å²) in [5, 5.41) is 10.9. The molecule has 0 radical (unpaired) electrons. The van der Waals surface area contributed by atoms with Gasteiger partial charge in [0.25, 0.3) is 5.69 Å². The van der Waals surface area contributed by atoms with Gasteiger partial charge in [-0.3, -0.25) is 14.9 Å². The molecule has 0 unspecified atom stereocenters. The van der Waals surface area contributed by atoms with E-state index < -0.39 is 4.92 Å². The van der Waals surface area contributed by atoms with E-state index in [2.05, 4.69) is 0 Å². The molecule has 1 heterocycles. The predicted octanol–water partition coefficient (Wildman–Crippen LogP) is 2.37. The van der Waals surface area contributed by atoms with Crippen LogP contribution >= 0.6 is 11.6 Å². The normalized spacial score (nSPS) is 15.4. The molecule has 90 valence electrons. The number of hydrogen-bond acceptors (Lipinski definition) is 3. The first kappa shape index (κ1) is 11.9. The quantitative estimate of drug-likeness (QED) is 0.614. The first-order valence-corrected chi connectivity index (χ1v) is 5.66. The fraction of sp³-hybridized carbons (Fsp3) is 0.364. The van der Waals surface area contributed by atoms with Crippen LogP contribution in [0.25, 0.3) is 0 Å². The third-order valence-electron chi connectivity index (χ3n) is 2.78. The number of nitro benzene ring substituents is 1. The van der Waals surface area contributed by atoms with Gasteiger partial charge in [0.05, 0.1) is 9.95 Å². The molecule has 1 amide bonds. The molecule has 1 fully saturated rings. The first-order valence-electron chi connectivity index (χ1n) is 5.28. The molecule has 1 aliphatic heterocycles. The Bertz CT molecular complexity index is 476. The van der Waals surface area contributed by atoms with Gasteiger partial charge in [-0.1, -0.05) is 11.6 Å². The third-order valence-corrected chi connectivity index (χ3v) is 3.13. The van der Waals surface area contributed by atoms with E-state index in [-0.39, 0.29) is 11.6 Å². The molecule has 1 aromatic rings. The number of non-ortho nitro benzene ring substituents is 1. The summed E-state index contributed by atoms with van der Waals surface area (Å²) in [6.45, 7) is 1.15. The fourth-order valence-electron chi connectivity index (χ4n) is 1.85. The molecule has 0 bridgehead atoms. The summed E-state index contributed by atoms with van der Waals surface area (Å²) in [6.07, 6.45) is 1.44. The van der Waals surface area contributed by atoms with E-state index in [1.54, 1.807) is 11.0 Å². The summed E-state index contributed by atoms with van der Waals surface area (Å²) in [7, 11) is 0. The SMILES string of the molecule is O=C1CCCN1Cc1ccc([N+](=O)[O-])cc1Cl. The van der Waals surface area contributed by atoms with E-state index >= 15 is 0 Å². The molecular formula is C11H11ClN2O3. The minimum absolute atomic E-state index is 0.0356. The zero-order chi connectivity index (χ0) is 12.4. The van der Waals surface area contributed by atoms with Crippen LogP contribution in [0.3, 0.4) is 0 Å². The summed E-state index contributed by atoms with van der Waals surface area (Å²) in [5.41, 5.74) is 0.707. The Morgan fingerprint density at radius 2 is 2.24 bits per heavy atom. The molecule has 1 aliphatic rings. The molecule has 0 aliphatic carbocycles. The highest BCUT2D eigenvalue weighted by atomic mass is 35.5. The van der Waals surface area contributed by atoms with Gasteiger partial charge in [-0.2, -0.15) is 0 Å². The molecular weight excluding hydrogens is 244 g/mol. The van der Waals surface area contributed by atoms with Crippen molar-refractivity contribution >= 4 is 23.2 Å². The highest BCUT2D eigenvalue weighted by molar-refractivity contribution is 6.31. The predicted molar refractivity (Wildman–Crippen MR) is 62.8 cm³/mol. The Kier molecular flexibility index (Phi) is 3.28. The van der Waals surface area contributed by atoms with E-state index in [0.29, 0.717) is 18.0 Å². The van der Waals surface area contributed by atoms with Gasteiger partial charge in [-0.05, 0) is 18.1 Å². The largest absolute Gasteiger partial charge is 0.338 e. The second kappa shape index (κ2) is 4.71. The number of nitrogens with zero attached hydrogens (tertiary/aromatic N) is 2. The Morgan fingerprint density at radius 3 is 2.76 bits per heavy atom. The molecule has 1 saturated heterocycles. The number of amides is 1. The van der Waals surface area contributed by atoms with E-state index in [1.807, 2.05) is 0 Å². The summed E-state index contributed by atoms with van der Waals surface area (Å²) >= 11 is 5.96. The highest BCUT2D eigenvalue weighted by Gasteiger charge is 2.21. The second-order valence-corrected chi connectivity index (χ2v) is 4.36. The van der Waals surface area contributed by atoms with Crippen molar-refractivity contribution in [3.63, 3.8) is 0 Å². The molecule has 0 atom stereocenters. The molecule has 1 aromatic carbocycles. The zero-order valence-electron chi connectivity index (χ0n) is 9.06. The molecule has 0 saturated carbocycles. The van der Waals surface area contributed by atoms with Crippen molar-refractivity contribution in [3.05, 3.63) is 38.9 Å². The highest BCUT2D eigenvalue weighted by Crippen LogP contribution is 2.25. The van der Waals surface area contributed by atoms with Crippen molar-refractivity contribution in [1.82, 2.24) is 4.90 Å². The standard InChI is InChI=1S/C11H11ClN2O3/c12-10-6-9(14(16)17)4-3-8(10)7-13-5-1-2-11(13)15/h3-4,6H,1-2,5,7H2. The Morgan fingerprint density at radius 1 is 1.47 bits per heavy atom. The maximum atomic E-state index is 11.4. The molecule has 17 heavy (non-hydrogen) atoms. The van der Waals surface area contributed by atoms with Crippen LogP contribution < -0.4 is 0 Å². The zero-order valence-corrected chi connectivity index (χ0v) is 9.81. The van der Waals surface area contributed by atoms with E-state index in [4.69, 9.17) is 11.6 Å². The van der Waals surface area contributed by atoms with E-state index in [9.17, 15) is 14.9 Å². The minimum Gasteiger partial charge on any atom is -0.338 e. The van der Waals surface area contributed by atoms with Gasteiger partial charge < -0.3 is 4.90 Å². The van der Waals surface area contributed by atoms with Crippen molar-refractivity contribution in [2.24, 2.45) is 0 Å². The topological polar surface area (TPSA) is 63.5 Å². The van der Waals surface area contributed by atoms with Crippen LogP contribution in [0.2, 0.25) is 5.02 Å². The summed E-state index contributed by atoms with van der Waals surface area (Å²) in [6, 6.07) is 4.32. The number of halogens is 1. The van der Waals surface area contributed by atoms with Crippen molar-refractivity contribution in [2.45, 2.75) is 19.4 Å². The summed E-state index contributed by atoms with van der Waals surface area (Å²) in [5.74, 6) is 0.111. The second-order valence-electron chi connectivity index (χ2n) is 3.95. The number of carbonyl (C=O) groups excluding carboxylic acids is 1. The van der Waals surface area contributed by atoms with E-state index in [0.717, 1.165) is 18.5 Å². The molecule has 5 nitrogen and oxygen atoms in total. The number of hydrogen-bond donors (Lipinski definition) is 0. The fourth-order valence-corrected chi connectivity index (χ4v) is 2.09. The average molecular weight is 255 g/mol. The van der Waals surface area contributed by atoms with Crippen molar-refractivity contribution in [2.75, 3.05) is 6.54 Å². The smallest absolute Gasteiger partial charge is 0.270 e. The van der Waals surface area contributed by atoms with Gasteiger partial charge in [-0.25, -0.2) is 0 Å². The molecule has 0 aromatic heterocycles. The molecule has 6 heteroatoms. The maximum Gasteiger partial charge on any atom is 0.270 e. The number of rotatable bonds is 3. The Labute approximate surface area is 103 Å². The lowest BCUT2D eigenvalue weighted by Crippen LogP contribution is -2.23. The van der Waals surface area contributed by atoms with Crippen LogP contribution in [-0.2, 0) is 11.3 Å². The molecule has 0 spiro atoms. The van der Waals surface area contributed by atoms with Crippen molar-refractivity contribution < 1.29 is 9.72 Å². The van der Waals surface area contributed by atoms with Gasteiger partial charge in [0, 0.05) is 31.6 Å². The minimum atomic E-state index is -0.489. The number of likely N-dealkylation sites (tertiary alicyclic amines) is 1. The van der Waals surface area contributed by atoms with Crippen LogP contribution in [-0.4, -0.2) is 22.3 Å². The Balaban J connectivity index is 2.16. The average Bonchev–Trinajstić information content (AvgIpc) is 2.67.